The van der Waals surface area contributed by atoms with Gasteiger partial charge in [-0.15, -0.1) is 0 Å². The van der Waals surface area contributed by atoms with Gasteiger partial charge in [0, 0.05) is 32.3 Å². The summed E-state index contributed by atoms with van der Waals surface area (Å²) in [5.41, 5.74) is 3.73. The van der Waals surface area contributed by atoms with Crippen LogP contribution in [0, 0.1) is 0 Å². The van der Waals surface area contributed by atoms with E-state index in [0.717, 1.165) is 37.7 Å². The van der Waals surface area contributed by atoms with Crippen molar-refractivity contribution in [2.45, 2.75) is 45.7 Å². The molecule has 2 fully saturated rings. The first-order valence-corrected chi connectivity index (χ1v) is 9.13. The molecule has 0 atom stereocenters. The maximum absolute atomic E-state index is 11.7. The number of imidazole rings is 1. The first-order valence-electron chi connectivity index (χ1n) is 9.13. The zero-order chi connectivity index (χ0) is 16.5. The lowest BCUT2D eigenvalue weighted by molar-refractivity contribution is 0.100. The van der Waals surface area contributed by atoms with Gasteiger partial charge in [0.2, 0.25) is 0 Å². The first-order chi connectivity index (χ1) is 11.7. The van der Waals surface area contributed by atoms with Crippen LogP contribution in [0.4, 0.5) is 0 Å². The predicted molar refractivity (Wildman–Crippen MR) is 93.7 cm³/mol. The highest BCUT2D eigenvalue weighted by Gasteiger charge is 2.25. The van der Waals surface area contributed by atoms with Crippen LogP contribution >= 0.6 is 0 Å². The molecule has 5 heteroatoms. The van der Waals surface area contributed by atoms with E-state index in [4.69, 9.17) is 0 Å². The molecule has 1 aliphatic carbocycles. The van der Waals surface area contributed by atoms with Crippen LogP contribution in [0.5, 0.6) is 0 Å². The quantitative estimate of drug-likeness (QED) is 0.780. The number of rotatable bonds is 5. The van der Waals surface area contributed by atoms with Crippen LogP contribution in [0.25, 0.3) is 0 Å². The van der Waals surface area contributed by atoms with E-state index >= 15 is 0 Å². The molecule has 5 nitrogen and oxygen atoms in total. The molecular weight excluding hydrogens is 300 g/mol. The molecule has 1 saturated heterocycles. The summed E-state index contributed by atoms with van der Waals surface area (Å²) >= 11 is 0. The number of nitrogens with zero attached hydrogens (tertiary/aromatic N) is 4. The van der Waals surface area contributed by atoms with Crippen LogP contribution in [0.2, 0.25) is 0 Å². The third-order valence-electron chi connectivity index (χ3n) is 5.47. The lowest BCUT2D eigenvalue weighted by atomic mass is 9.89. The molecule has 0 N–H and O–H groups in total. The van der Waals surface area contributed by atoms with Gasteiger partial charge in [-0.3, -0.25) is 9.69 Å². The van der Waals surface area contributed by atoms with Crippen molar-refractivity contribution in [2.24, 2.45) is 0 Å². The third kappa shape index (κ3) is 2.93. The zero-order valence-corrected chi connectivity index (χ0v) is 14.5. The highest BCUT2D eigenvalue weighted by molar-refractivity contribution is 5.92. The summed E-state index contributed by atoms with van der Waals surface area (Å²) in [6.07, 6.45) is 11.5. The number of hydrogen-bond acceptors (Lipinski definition) is 4. The second kappa shape index (κ2) is 6.55. The number of carbonyl (C=O) groups excluding carboxylic acids is 1. The van der Waals surface area contributed by atoms with Gasteiger partial charge in [-0.2, -0.15) is 0 Å². The minimum absolute atomic E-state index is 0.106. The van der Waals surface area contributed by atoms with E-state index in [1.807, 2.05) is 0 Å². The molecule has 0 amide bonds. The Morgan fingerprint density at radius 1 is 1.21 bits per heavy atom. The van der Waals surface area contributed by atoms with Gasteiger partial charge in [0.15, 0.2) is 5.78 Å². The fraction of sp³-hybridized carbons (Fsp3) is 0.579. The van der Waals surface area contributed by atoms with Crippen molar-refractivity contribution in [2.75, 3.05) is 26.2 Å². The van der Waals surface area contributed by atoms with E-state index in [0.29, 0.717) is 0 Å². The fourth-order valence-corrected chi connectivity index (χ4v) is 3.68. The molecule has 2 aliphatic heterocycles. The van der Waals surface area contributed by atoms with Crippen LogP contribution in [-0.2, 0) is 13.1 Å². The van der Waals surface area contributed by atoms with Crippen LogP contribution in [0.15, 0.2) is 29.6 Å². The predicted octanol–water partition coefficient (Wildman–Crippen LogP) is 2.60. The van der Waals surface area contributed by atoms with Gasteiger partial charge in [0.25, 0.3) is 0 Å². The van der Waals surface area contributed by atoms with Gasteiger partial charge in [0.05, 0.1) is 12.7 Å². The lowest BCUT2D eigenvalue weighted by Crippen LogP contribution is -2.37. The van der Waals surface area contributed by atoms with Crippen LogP contribution in [-0.4, -0.2) is 51.3 Å². The molecule has 4 rings (SSSR count). The Morgan fingerprint density at radius 3 is 2.67 bits per heavy atom. The van der Waals surface area contributed by atoms with Gasteiger partial charge >= 0.3 is 0 Å². The fourth-order valence-electron chi connectivity index (χ4n) is 3.68. The highest BCUT2D eigenvalue weighted by Crippen LogP contribution is 2.32. The minimum Gasteiger partial charge on any atom is -0.362 e. The van der Waals surface area contributed by atoms with Crippen molar-refractivity contribution in [1.82, 2.24) is 19.4 Å². The monoisotopic (exact) mass is 326 g/mol. The Morgan fingerprint density at radius 2 is 2.04 bits per heavy atom. The molecule has 1 saturated carbocycles. The Bertz CT molecular complexity index is 690. The molecule has 128 valence electrons. The van der Waals surface area contributed by atoms with Gasteiger partial charge in [-0.25, -0.2) is 4.98 Å². The summed E-state index contributed by atoms with van der Waals surface area (Å²) in [6, 6.07) is 0. The molecule has 3 heterocycles. The second-order valence-corrected chi connectivity index (χ2v) is 7.09. The van der Waals surface area contributed by atoms with Crippen molar-refractivity contribution in [1.29, 1.82) is 0 Å². The lowest BCUT2D eigenvalue weighted by Gasteiger charge is -2.35. The average molecular weight is 326 g/mol. The normalized spacial score (nSPS) is 20.7. The Kier molecular flexibility index (Phi) is 4.27. The van der Waals surface area contributed by atoms with Crippen molar-refractivity contribution in [3.63, 3.8) is 0 Å². The number of likely N-dealkylation sites (tertiary alicyclic amines) is 1. The third-order valence-corrected chi connectivity index (χ3v) is 5.47. The maximum Gasteiger partial charge on any atom is 0.177 e. The molecule has 1 aromatic rings. The van der Waals surface area contributed by atoms with E-state index < -0.39 is 0 Å². The van der Waals surface area contributed by atoms with Crippen molar-refractivity contribution in [3.05, 3.63) is 41.1 Å². The molecule has 0 unspecified atom stereocenters. The van der Waals surface area contributed by atoms with E-state index in [-0.39, 0.29) is 5.78 Å². The molecule has 0 spiro atoms. The number of fused-ring (bicyclic) bond motifs is 1. The number of carbonyl (C=O) groups is 1. The number of hydrogen-bond donors (Lipinski definition) is 0. The maximum atomic E-state index is 11.7. The number of ketones is 1. The van der Waals surface area contributed by atoms with Crippen molar-refractivity contribution < 1.29 is 4.79 Å². The van der Waals surface area contributed by atoms with Crippen LogP contribution < -0.4 is 0 Å². The SMILES string of the molecule is CC(=O)c1cnc2n1CCN(C(/C=C/CN1CCC1)=C1CCC1)C2. The second-order valence-electron chi connectivity index (χ2n) is 7.09. The summed E-state index contributed by atoms with van der Waals surface area (Å²) in [5, 5.41) is 0. The van der Waals surface area contributed by atoms with Gasteiger partial charge in [-0.1, -0.05) is 6.08 Å². The zero-order valence-electron chi connectivity index (χ0n) is 14.5. The number of allylic oxidation sites excluding steroid dienone is 2. The first kappa shape index (κ1) is 15.6. The van der Waals surface area contributed by atoms with Crippen molar-refractivity contribution >= 4 is 5.78 Å². The summed E-state index contributed by atoms with van der Waals surface area (Å²) < 4.78 is 2.09. The van der Waals surface area contributed by atoms with E-state index in [1.165, 1.54) is 44.5 Å². The summed E-state index contributed by atoms with van der Waals surface area (Å²) in [7, 11) is 0. The van der Waals surface area contributed by atoms with E-state index in [9.17, 15) is 4.79 Å². The number of Topliss-reactive ketones (excluding diaryl/α,β-unsaturated/α-hetero) is 1. The summed E-state index contributed by atoms with van der Waals surface area (Å²) in [6.45, 7) is 7.78. The Hall–Kier alpha value is -1.88. The number of aromatic nitrogens is 2. The van der Waals surface area contributed by atoms with Crippen LogP contribution in [0.3, 0.4) is 0 Å². The average Bonchev–Trinajstić information content (AvgIpc) is 2.89. The highest BCUT2D eigenvalue weighted by atomic mass is 16.1. The molecule has 0 radical (unpaired) electrons. The van der Waals surface area contributed by atoms with Crippen molar-refractivity contribution in [3.8, 4) is 0 Å². The molecule has 1 aromatic heterocycles. The van der Waals surface area contributed by atoms with Gasteiger partial charge in [-0.05, 0) is 50.4 Å². The molecule has 0 bridgehead atoms. The van der Waals surface area contributed by atoms with Gasteiger partial charge in [0.1, 0.15) is 11.5 Å². The Balaban J connectivity index is 1.50. The molecule has 3 aliphatic rings. The summed E-state index contributed by atoms with van der Waals surface area (Å²) in [5.74, 6) is 1.12. The Labute approximate surface area is 143 Å². The smallest absolute Gasteiger partial charge is 0.177 e. The molecule has 24 heavy (non-hydrogen) atoms. The van der Waals surface area contributed by atoms with Gasteiger partial charge < -0.3 is 9.47 Å². The topological polar surface area (TPSA) is 41.4 Å². The van der Waals surface area contributed by atoms with E-state index in [1.54, 1.807) is 18.7 Å². The largest absolute Gasteiger partial charge is 0.362 e. The van der Waals surface area contributed by atoms with E-state index in [2.05, 4.69) is 31.5 Å². The minimum atomic E-state index is 0.106. The molecular formula is C19H26N4O. The summed E-state index contributed by atoms with van der Waals surface area (Å²) in [4.78, 5) is 21.1. The molecule has 0 aromatic carbocycles. The van der Waals surface area contributed by atoms with Crippen LogP contribution in [0.1, 0.15) is 48.9 Å². The standard InChI is InChI=1S/C19H26N4O/c1-15(24)18-13-20-19-14-22(11-12-23(18)19)17(16-5-2-6-16)7-3-8-21-9-4-10-21/h3,7,13H,2,4-6,8-12,14H2,1H3/b7-3+.